The second-order valence-corrected chi connectivity index (χ2v) is 9.59. The molecule has 0 spiro atoms. The molecule has 1 atom stereocenters. The van der Waals surface area contributed by atoms with E-state index in [0.29, 0.717) is 29.1 Å². The molecule has 7 nitrogen and oxygen atoms in total. The lowest BCUT2D eigenvalue weighted by Gasteiger charge is -2.25. The number of hydrogen-bond acceptors (Lipinski definition) is 6. The van der Waals surface area contributed by atoms with Crippen molar-refractivity contribution in [2.24, 2.45) is 7.05 Å². The molecule has 0 unspecified atom stereocenters. The van der Waals surface area contributed by atoms with Crippen LogP contribution in [-0.4, -0.2) is 37.5 Å². The summed E-state index contributed by atoms with van der Waals surface area (Å²) in [5.74, 6) is 2.48. The van der Waals surface area contributed by atoms with Gasteiger partial charge in [-0.25, -0.2) is 0 Å². The van der Waals surface area contributed by atoms with Gasteiger partial charge in [-0.15, -0.1) is 10.2 Å². The Kier molecular flexibility index (Phi) is 6.63. The van der Waals surface area contributed by atoms with Crippen LogP contribution >= 0.6 is 11.8 Å². The standard InChI is InChI=1S/C27H28N4O3S/c1-18-15-21(19(2)31(18)14-13-20-9-5-4-6-10-20)22(32)17-35-27-29-28-26(30(27)3)25-16-33-23-11-7-8-12-24(23)34-25/h4-12,15,25H,13-14,16-17H2,1-3H3/t25-/m0/s1. The second-order valence-electron chi connectivity index (χ2n) is 8.65. The van der Waals surface area contributed by atoms with Crippen molar-refractivity contribution in [2.75, 3.05) is 12.4 Å². The van der Waals surface area contributed by atoms with Crippen LogP contribution in [-0.2, 0) is 20.0 Å². The lowest BCUT2D eigenvalue weighted by molar-refractivity contribution is 0.0825. The summed E-state index contributed by atoms with van der Waals surface area (Å²) in [5.41, 5.74) is 4.17. The van der Waals surface area contributed by atoms with Gasteiger partial charge in [-0.1, -0.05) is 54.2 Å². The summed E-state index contributed by atoms with van der Waals surface area (Å²) in [5, 5.41) is 9.30. The van der Waals surface area contributed by atoms with E-state index in [9.17, 15) is 4.79 Å². The fourth-order valence-electron chi connectivity index (χ4n) is 4.40. The number of benzene rings is 2. The van der Waals surface area contributed by atoms with Crippen molar-refractivity contribution < 1.29 is 14.3 Å². The molecule has 0 N–H and O–H groups in total. The van der Waals surface area contributed by atoms with E-state index in [1.807, 2.05) is 54.9 Å². The van der Waals surface area contributed by atoms with E-state index in [-0.39, 0.29) is 11.9 Å². The molecule has 0 amide bonds. The van der Waals surface area contributed by atoms with Crippen LogP contribution in [0.25, 0.3) is 0 Å². The van der Waals surface area contributed by atoms with Crippen molar-refractivity contribution in [1.82, 2.24) is 19.3 Å². The van der Waals surface area contributed by atoms with Crippen molar-refractivity contribution in [3.8, 4) is 11.5 Å². The zero-order valence-electron chi connectivity index (χ0n) is 20.1. The number of Topliss-reactive ketones (excluding diaryl/α,β-unsaturated/α-hetero) is 1. The zero-order chi connectivity index (χ0) is 24.4. The van der Waals surface area contributed by atoms with Gasteiger partial charge in [0.2, 0.25) is 0 Å². The monoisotopic (exact) mass is 488 g/mol. The van der Waals surface area contributed by atoms with Crippen LogP contribution in [0.2, 0.25) is 0 Å². The van der Waals surface area contributed by atoms with E-state index in [2.05, 4.69) is 46.0 Å². The first-order valence-electron chi connectivity index (χ1n) is 11.7. The molecule has 3 heterocycles. The fourth-order valence-corrected chi connectivity index (χ4v) is 5.20. The number of aryl methyl sites for hydroxylation is 2. The molecule has 35 heavy (non-hydrogen) atoms. The number of fused-ring (bicyclic) bond motifs is 1. The van der Waals surface area contributed by atoms with Crippen molar-refractivity contribution in [2.45, 2.75) is 38.1 Å². The normalized spacial score (nSPS) is 14.8. The highest BCUT2D eigenvalue weighted by molar-refractivity contribution is 7.99. The maximum absolute atomic E-state index is 13.1. The third-order valence-electron chi connectivity index (χ3n) is 6.34. The molecule has 0 aliphatic carbocycles. The van der Waals surface area contributed by atoms with Gasteiger partial charge in [0.15, 0.2) is 34.4 Å². The summed E-state index contributed by atoms with van der Waals surface area (Å²) in [6.07, 6.45) is 0.578. The molecule has 1 aliphatic rings. The van der Waals surface area contributed by atoms with Crippen molar-refractivity contribution >= 4 is 17.5 Å². The van der Waals surface area contributed by atoms with Crippen LogP contribution in [0, 0.1) is 13.8 Å². The molecule has 0 fully saturated rings. The number of ether oxygens (including phenoxy) is 2. The van der Waals surface area contributed by atoms with Crippen LogP contribution in [0.5, 0.6) is 11.5 Å². The Labute approximate surface area is 209 Å². The van der Waals surface area contributed by atoms with Gasteiger partial charge in [0.25, 0.3) is 0 Å². The first-order valence-corrected chi connectivity index (χ1v) is 12.6. The number of nitrogens with zero attached hydrogens (tertiary/aromatic N) is 4. The minimum absolute atomic E-state index is 0.0878. The van der Waals surface area contributed by atoms with Gasteiger partial charge < -0.3 is 18.6 Å². The van der Waals surface area contributed by atoms with Crippen LogP contribution < -0.4 is 9.47 Å². The Bertz CT molecular complexity index is 1350. The smallest absolute Gasteiger partial charge is 0.192 e. The molecule has 5 rings (SSSR count). The molecule has 2 aromatic carbocycles. The van der Waals surface area contributed by atoms with Crippen molar-refractivity contribution in [3.05, 3.63) is 89.0 Å². The summed E-state index contributed by atoms with van der Waals surface area (Å²) in [4.78, 5) is 13.1. The van der Waals surface area contributed by atoms with Gasteiger partial charge in [-0.05, 0) is 44.0 Å². The van der Waals surface area contributed by atoms with Gasteiger partial charge in [-0.3, -0.25) is 4.79 Å². The minimum atomic E-state index is -0.351. The number of ketones is 1. The van der Waals surface area contributed by atoms with E-state index in [4.69, 9.17) is 9.47 Å². The highest BCUT2D eigenvalue weighted by atomic mass is 32.2. The predicted molar refractivity (Wildman–Crippen MR) is 135 cm³/mol. The van der Waals surface area contributed by atoms with Crippen LogP contribution in [0.15, 0.2) is 65.8 Å². The Balaban J connectivity index is 1.23. The number of para-hydroxylation sites is 2. The van der Waals surface area contributed by atoms with E-state index in [1.165, 1.54) is 17.3 Å². The third kappa shape index (κ3) is 4.84. The molecule has 1 aliphatic heterocycles. The first kappa shape index (κ1) is 23.2. The number of hydrogen-bond donors (Lipinski definition) is 0. The molecular formula is C27H28N4O3S. The van der Waals surface area contributed by atoms with E-state index in [0.717, 1.165) is 35.7 Å². The highest BCUT2D eigenvalue weighted by Crippen LogP contribution is 2.35. The lowest BCUT2D eigenvalue weighted by Crippen LogP contribution is -2.24. The largest absolute Gasteiger partial charge is 0.485 e. The van der Waals surface area contributed by atoms with Crippen LogP contribution in [0.1, 0.15) is 39.2 Å². The molecule has 0 radical (unpaired) electrons. The third-order valence-corrected chi connectivity index (χ3v) is 7.36. The molecule has 180 valence electrons. The zero-order valence-corrected chi connectivity index (χ0v) is 20.9. The summed E-state index contributed by atoms with van der Waals surface area (Å²) in [6.45, 7) is 5.29. The van der Waals surface area contributed by atoms with Crippen molar-refractivity contribution in [1.29, 1.82) is 0 Å². The number of thioether (sulfide) groups is 1. The van der Waals surface area contributed by atoms with Crippen LogP contribution in [0.3, 0.4) is 0 Å². The van der Waals surface area contributed by atoms with Crippen LogP contribution in [0.4, 0.5) is 0 Å². The quantitative estimate of drug-likeness (QED) is 0.258. The molecule has 4 aromatic rings. The average Bonchev–Trinajstić information content (AvgIpc) is 3.39. The van der Waals surface area contributed by atoms with Gasteiger partial charge in [0.05, 0.1) is 5.75 Å². The van der Waals surface area contributed by atoms with Gasteiger partial charge in [-0.2, -0.15) is 0 Å². The average molecular weight is 489 g/mol. The fraction of sp³-hybridized carbons (Fsp3) is 0.296. The topological polar surface area (TPSA) is 71.2 Å². The predicted octanol–water partition coefficient (Wildman–Crippen LogP) is 4.96. The summed E-state index contributed by atoms with van der Waals surface area (Å²) >= 11 is 1.39. The summed E-state index contributed by atoms with van der Waals surface area (Å²) < 4.78 is 16.0. The summed E-state index contributed by atoms with van der Waals surface area (Å²) in [7, 11) is 1.89. The number of aromatic nitrogens is 4. The number of carbonyl (C=O) groups excluding carboxylic acids is 1. The molecule has 0 saturated carbocycles. The minimum Gasteiger partial charge on any atom is -0.485 e. The number of rotatable bonds is 8. The molecule has 0 bridgehead atoms. The Morgan fingerprint density at radius 3 is 2.60 bits per heavy atom. The maximum atomic E-state index is 13.1. The number of carbonyl (C=O) groups is 1. The lowest BCUT2D eigenvalue weighted by atomic mass is 10.1. The molecule has 8 heteroatoms. The first-order chi connectivity index (χ1) is 17.0. The van der Waals surface area contributed by atoms with Crippen molar-refractivity contribution in [3.63, 3.8) is 0 Å². The van der Waals surface area contributed by atoms with E-state index >= 15 is 0 Å². The Morgan fingerprint density at radius 1 is 1.06 bits per heavy atom. The van der Waals surface area contributed by atoms with Gasteiger partial charge in [0.1, 0.15) is 6.61 Å². The SMILES string of the molecule is Cc1cc(C(=O)CSc2nnc([C@@H]3COc4ccccc4O3)n2C)c(C)n1CCc1ccccc1. The molecule has 0 saturated heterocycles. The van der Waals surface area contributed by atoms with Gasteiger partial charge in [0, 0.05) is 30.5 Å². The van der Waals surface area contributed by atoms with Gasteiger partial charge >= 0.3 is 0 Å². The second kappa shape index (κ2) is 10.00. The molecular weight excluding hydrogens is 460 g/mol. The summed E-state index contributed by atoms with van der Waals surface area (Å²) in [6, 6.07) is 20.0. The molecule has 2 aromatic heterocycles. The Hall–Kier alpha value is -3.52. The Morgan fingerprint density at radius 2 is 1.80 bits per heavy atom. The maximum Gasteiger partial charge on any atom is 0.192 e. The van der Waals surface area contributed by atoms with E-state index in [1.54, 1.807) is 0 Å². The highest BCUT2D eigenvalue weighted by Gasteiger charge is 2.27. The van der Waals surface area contributed by atoms with E-state index < -0.39 is 0 Å².